The average Bonchev–Trinajstić information content (AvgIpc) is 3.09. The van der Waals surface area contributed by atoms with Crippen LogP contribution in [0.1, 0.15) is 50.3 Å². The van der Waals surface area contributed by atoms with Gasteiger partial charge in [0, 0.05) is 31.3 Å². The van der Waals surface area contributed by atoms with Gasteiger partial charge in [-0.3, -0.25) is 9.59 Å². The van der Waals surface area contributed by atoms with Crippen LogP contribution in [0.5, 0.6) is 5.75 Å². The van der Waals surface area contributed by atoms with Crippen molar-refractivity contribution in [3.8, 4) is 5.75 Å². The Morgan fingerprint density at radius 2 is 1.84 bits per heavy atom. The molecule has 1 aromatic heterocycles. The maximum absolute atomic E-state index is 13.6. The predicted octanol–water partition coefficient (Wildman–Crippen LogP) is 4.38. The van der Waals surface area contributed by atoms with Crippen molar-refractivity contribution >= 4 is 29.5 Å². The van der Waals surface area contributed by atoms with Crippen molar-refractivity contribution in [3.05, 3.63) is 88.8 Å². The van der Waals surface area contributed by atoms with Crippen LogP contribution in [-0.4, -0.2) is 48.7 Å². The summed E-state index contributed by atoms with van der Waals surface area (Å²) in [5, 5.41) is 12.4. The van der Waals surface area contributed by atoms with Gasteiger partial charge in [-0.25, -0.2) is 4.73 Å². The first-order chi connectivity index (χ1) is 20.9. The SMILES string of the molecule is COC(=O)CC1Cc2ccc(OCCCN(C(=O)OC(C)(C)C)c3cccc[n+]3[O-])cc2CN(Cc2ccc(N)cc2)C1=O. The zero-order chi connectivity index (χ0) is 31.9. The Morgan fingerprint density at radius 1 is 1.09 bits per heavy atom. The van der Waals surface area contributed by atoms with E-state index in [0.29, 0.717) is 42.1 Å². The van der Waals surface area contributed by atoms with E-state index in [-0.39, 0.29) is 31.3 Å². The van der Waals surface area contributed by atoms with Crippen LogP contribution in [0.4, 0.5) is 16.3 Å². The second-order valence-electron chi connectivity index (χ2n) is 11.8. The number of nitrogens with zero attached hydrogens (tertiary/aromatic N) is 3. The minimum atomic E-state index is -0.727. The molecule has 1 atom stereocenters. The van der Waals surface area contributed by atoms with Crippen LogP contribution >= 0.6 is 0 Å². The predicted molar refractivity (Wildman–Crippen MR) is 164 cm³/mol. The Balaban J connectivity index is 1.47. The molecule has 0 fully saturated rings. The highest BCUT2D eigenvalue weighted by Crippen LogP contribution is 2.29. The summed E-state index contributed by atoms with van der Waals surface area (Å²) in [5.74, 6) is -0.330. The number of nitrogens with two attached hydrogens (primary N) is 1. The molecule has 4 rings (SSSR count). The first kappa shape index (κ1) is 32.1. The van der Waals surface area contributed by atoms with Crippen LogP contribution in [0.15, 0.2) is 66.9 Å². The number of anilines is 2. The van der Waals surface area contributed by atoms with Gasteiger partial charge in [-0.1, -0.05) is 24.3 Å². The van der Waals surface area contributed by atoms with Crippen molar-refractivity contribution < 1.29 is 33.3 Å². The molecule has 11 heteroatoms. The van der Waals surface area contributed by atoms with Crippen molar-refractivity contribution in [2.24, 2.45) is 5.92 Å². The highest BCUT2D eigenvalue weighted by molar-refractivity contribution is 5.86. The van der Waals surface area contributed by atoms with Crippen molar-refractivity contribution in [2.45, 2.75) is 58.7 Å². The lowest BCUT2D eigenvalue weighted by molar-refractivity contribution is -0.591. The van der Waals surface area contributed by atoms with Gasteiger partial charge in [-0.15, -0.1) is 0 Å². The van der Waals surface area contributed by atoms with Crippen molar-refractivity contribution in [1.29, 1.82) is 0 Å². The summed E-state index contributed by atoms with van der Waals surface area (Å²) in [7, 11) is 1.32. The van der Waals surface area contributed by atoms with Crippen LogP contribution in [0, 0.1) is 11.1 Å². The largest absolute Gasteiger partial charge is 0.711 e. The maximum Gasteiger partial charge on any atom is 0.507 e. The van der Waals surface area contributed by atoms with Gasteiger partial charge in [0.2, 0.25) is 5.91 Å². The number of hydrogen-bond donors (Lipinski definition) is 1. The lowest BCUT2D eigenvalue weighted by atomic mass is 9.94. The fourth-order valence-corrected chi connectivity index (χ4v) is 5.01. The number of rotatable bonds is 10. The standard InChI is InChI=1S/C33H40N4O7/c1-33(2,3)44-32(40)36(29-8-5-6-16-37(29)41)15-7-17-43-28-14-11-24-18-25(20-30(38)42-4)31(39)35(22-26(24)19-28)21-23-9-12-27(34)13-10-23/h5-6,8-14,16,19,25H,7,15,17-18,20-22,34H2,1-4H3. The Labute approximate surface area is 257 Å². The number of carbonyl (C=O) groups is 3. The van der Waals surface area contributed by atoms with Crippen LogP contribution in [0.2, 0.25) is 0 Å². The fourth-order valence-electron chi connectivity index (χ4n) is 5.01. The molecule has 11 nitrogen and oxygen atoms in total. The number of esters is 1. The van der Waals surface area contributed by atoms with Gasteiger partial charge in [-0.05, 0) is 74.2 Å². The Hall–Kier alpha value is -4.80. The zero-order valence-corrected chi connectivity index (χ0v) is 25.7. The van der Waals surface area contributed by atoms with Gasteiger partial charge in [-0.2, -0.15) is 9.69 Å². The third-order valence-corrected chi connectivity index (χ3v) is 7.15. The van der Waals surface area contributed by atoms with E-state index in [1.165, 1.54) is 18.2 Å². The molecular formula is C33H40N4O7. The van der Waals surface area contributed by atoms with Gasteiger partial charge in [0.1, 0.15) is 17.9 Å². The van der Waals surface area contributed by atoms with E-state index in [4.69, 9.17) is 19.9 Å². The van der Waals surface area contributed by atoms with Gasteiger partial charge in [0.05, 0.1) is 32.3 Å². The number of ether oxygens (including phenoxy) is 3. The quantitative estimate of drug-likeness (QED) is 0.118. The number of amides is 2. The fraction of sp³-hybridized carbons (Fsp3) is 0.394. The second kappa shape index (κ2) is 14.1. The van der Waals surface area contributed by atoms with Gasteiger partial charge < -0.3 is 30.1 Å². The molecule has 234 valence electrons. The molecule has 1 aliphatic rings. The van der Waals surface area contributed by atoms with E-state index < -0.39 is 23.6 Å². The molecule has 0 saturated carbocycles. The molecule has 0 spiro atoms. The van der Waals surface area contributed by atoms with Crippen molar-refractivity contribution in [1.82, 2.24) is 4.90 Å². The molecule has 2 aromatic carbocycles. The number of pyridine rings is 1. The van der Waals surface area contributed by atoms with Crippen LogP contribution in [0.3, 0.4) is 0 Å². The summed E-state index contributed by atoms with van der Waals surface area (Å²) in [6, 6.07) is 17.9. The van der Waals surface area contributed by atoms with E-state index in [1.807, 2.05) is 30.3 Å². The summed E-state index contributed by atoms with van der Waals surface area (Å²) in [6.07, 6.45) is 1.53. The number of nitrogen functional groups attached to an aromatic ring is 1. The lowest BCUT2D eigenvalue weighted by Gasteiger charge is -2.24. The molecule has 3 aromatic rings. The van der Waals surface area contributed by atoms with Gasteiger partial charge in [0.25, 0.3) is 5.82 Å². The molecule has 0 radical (unpaired) electrons. The minimum absolute atomic E-state index is 0.00974. The van der Waals surface area contributed by atoms with Crippen LogP contribution in [-0.2, 0) is 38.6 Å². The molecule has 0 aliphatic carbocycles. The second-order valence-corrected chi connectivity index (χ2v) is 11.8. The average molecular weight is 605 g/mol. The number of benzene rings is 2. The monoisotopic (exact) mass is 604 g/mol. The molecule has 0 bridgehead atoms. The van der Waals surface area contributed by atoms with Gasteiger partial charge in [0.15, 0.2) is 0 Å². The lowest BCUT2D eigenvalue weighted by Crippen LogP contribution is -2.44. The normalized spacial score (nSPS) is 14.8. The Kier molecular flexibility index (Phi) is 10.3. The summed E-state index contributed by atoms with van der Waals surface area (Å²) in [6.45, 7) is 6.47. The molecule has 0 saturated heterocycles. The van der Waals surface area contributed by atoms with E-state index >= 15 is 0 Å². The summed E-state index contributed by atoms with van der Waals surface area (Å²) < 4.78 is 17.1. The van der Waals surface area contributed by atoms with Crippen LogP contribution in [0.25, 0.3) is 0 Å². The Bertz CT molecular complexity index is 1470. The first-order valence-electron chi connectivity index (χ1n) is 14.6. The number of carbonyl (C=O) groups excluding carboxylic acids is 3. The molecule has 1 unspecified atom stereocenters. The first-order valence-corrected chi connectivity index (χ1v) is 14.6. The molecule has 2 heterocycles. The smallest absolute Gasteiger partial charge is 0.507 e. The van der Waals surface area contributed by atoms with Crippen LogP contribution < -0.4 is 20.1 Å². The van der Waals surface area contributed by atoms with E-state index in [2.05, 4.69) is 0 Å². The zero-order valence-electron chi connectivity index (χ0n) is 25.7. The molecule has 2 N–H and O–H groups in total. The number of methoxy groups -OCH3 is 1. The number of hydrogen-bond acceptors (Lipinski definition) is 8. The topological polar surface area (TPSA) is 138 Å². The molecule has 44 heavy (non-hydrogen) atoms. The molecular weight excluding hydrogens is 564 g/mol. The summed E-state index contributed by atoms with van der Waals surface area (Å²) in [4.78, 5) is 41.7. The van der Waals surface area contributed by atoms with E-state index in [0.717, 1.165) is 16.7 Å². The number of aromatic nitrogens is 1. The van der Waals surface area contributed by atoms with Crippen molar-refractivity contribution in [2.75, 3.05) is 30.9 Å². The third kappa shape index (κ3) is 8.62. The minimum Gasteiger partial charge on any atom is -0.711 e. The highest BCUT2D eigenvalue weighted by atomic mass is 16.6. The maximum atomic E-state index is 13.6. The summed E-state index contributed by atoms with van der Waals surface area (Å²) in [5.41, 5.74) is 8.55. The van der Waals surface area contributed by atoms with Crippen molar-refractivity contribution in [3.63, 3.8) is 0 Å². The summed E-state index contributed by atoms with van der Waals surface area (Å²) >= 11 is 0. The highest BCUT2D eigenvalue weighted by Gasteiger charge is 2.33. The number of fused-ring (bicyclic) bond motifs is 1. The van der Waals surface area contributed by atoms with Gasteiger partial charge >= 0.3 is 12.1 Å². The molecule has 1 aliphatic heterocycles. The Morgan fingerprint density at radius 3 is 2.52 bits per heavy atom. The molecule has 2 amide bonds. The third-order valence-electron chi connectivity index (χ3n) is 7.15. The van der Waals surface area contributed by atoms with E-state index in [9.17, 15) is 19.6 Å². The van der Waals surface area contributed by atoms with E-state index in [1.54, 1.807) is 56.0 Å².